The number of hydrogen-bond donors (Lipinski definition) is 2. The van der Waals surface area contributed by atoms with Gasteiger partial charge in [0.25, 0.3) is 0 Å². The molecule has 0 heterocycles. The van der Waals surface area contributed by atoms with E-state index in [4.69, 9.17) is 9.47 Å². The fourth-order valence-corrected chi connectivity index (χ4v) is 1.80. The predicted molar refractivity (Wildman–Crippen MR) is 86.1 cm³/mol. The summed E-state index contributed by atoms with van der Waals surface area (Å²) in [5, 5.41) is 19.7. The molecule has 0 radical (unpaired) electrons. The van der Waals surface area contributed by atoms with Crippen LogP contribution in [-0.2, 0) is 19.1 Å². The Morgan fingerprint density at radius 2 is 1.74 bits per heavy atom. The van der Waals surface area contributed by atoms with Gasteiger partial charge in [0.05, 0.1) is 0 Å². The second-order valence-corrected chi connectivity index (χ2v) is 5.56. The van der Waals surface area contributed by atoms with Crippen LogP contribution in [0.2, 0.25) is 0 Å². The van der Waals surface area contributed by atoms with Crippen LogP contribution in [0.1, 0.15) is 60.3 Å². The molecule has 0 saturated carbocycles. The van der Waals surface area contributed by atoms with Crippen LogP contribution < -0.4 is 0 Å². The lowest BCUT2D eigenvalue weighted by atomic mass is 10.0. The Bertz CT molecular complexity index is 475. The van der Waals surface area contributed by atoms with Gasteiger partial charge in [0.2, 0.25) is 0 Å². The lowest BCUT2D eigenvalue weighted by Gasteiger charge is -2.27. The lowest BCUT2D eigenvalue weighted by Crippen LogP contribution is -2.47. The Balaban J connectivity index is 4.99. The highest BCUT2D eigenvalue weighted by atomic mass is 16.8. The Hall–Kier alpha value is -1.66. The lowest BCUT2D eigenvalue weighted by molar-refractivity contribution is -0.354. The fourth-order valence-electron chi connectivity index (χ4n) is 1.80. The summed E-state index contributed by atoms with van der Waals surface area (Å²) in [7, 11) is 0. The maximum Gasteiger partial charge on any atom is 0.363 e. The first-order valence-corrected chi connectivity index (χ1v) is 7.79. The molecule has 0 amide bonds. The average Bonchev–Trinajstić information content (AvgIpc) is 2.46. The molecular weight excluding hydrogens is 300 g/mol. The summed E-state index contributed by atoms with van der Waals surface area (Å²) < 4.78 is 9.49. The van der Waals surface area contributed by atoms with E-state index in [1.165, 1.54) is 13.8 Å². The van der Waals surface area contributed by atoms with E-state index < -0.39 is 24.0 Å². The molecule has 0 rings (SSSR count). The molecule has 0 aromatic heterocycles. The van der Waals surface area contributed by atoms with Crippen LogP contribution in [0.5, 0.6) is 0 Å². The highest BCUT2D eigenvalue weighted by Gasteiger charge is 2.39. The van der Waals surface area contributed by atoms with Crippen LogP contribution in [0.3, 0.4) is 0 Å². The number of carbonyl (C=O) groups is 2. The van der Waals surface area contributed by atoms with Gasteiger partial charge in [0.15, 0.2) is 6.10 Å². The van der Waals surface area contributed by atoms with Crippen LogP contribution in [0, 0.1) is 0 Å². The standard InChI is InChI=1S/C17H28O6/c1-7-9-10-14(8-2)12(5)16(19)23-17(20,21)13(6)22-15(18)11(3)4/h13,20-21H,3,7-10H2,1-2,4-6H3/b14-12+. The van der Waals surface area contributed by atoms with Crippen molar-refractivity contribution in [1.29, 1.82) is 0 Å². The third-order valence-corrected chi connectivity index (χ3v) is 3.50. The first-order valence-electron chi connectivity index (χ1n) is 7.79. The van der Waals surface area contributed by atoms with Gasteiger partial charge in [-0.3, -0.25) is 0 Å². The molecule has 2 N–H and O–H groups in total. The van der Waals surface area contributed by atoms with Gasteiger partial charge < -0.3 is 19.7 Å². The average molecular weight is 328 g/mol. The number of esters is 2. The molecule has 0 spiro atoms. The first kappa shape index (κ1) is 21.3. The highest BCUT2D eigenvalue weighted by molar-refractivity contribution is 5.89. The Morgan fingerprint density at radius 3 is 2.17 bits per heavy atom. The van der Waals surface area contributed by atoms with E-state index >= 15 is 0 Å². The van der Waals surface area contributed by atoms with Crippen molar-refractivity contribution in [1.82, 2.24) is 0 Å². The van der Waals surface area contributed by atoms with Crippen molar-refractivity contribution in [3.05, 3.63) is 23.3 Å². The summed E-state index contributed by atoms with van der Waals surface area (Å²) in [4.78, 5) is 23.5. The highest BCUT2D eigenvalue weighted by Crippen LogP contribution is 2.21. The molecule has 0 aromatic carbocycles. The molecule has 0 aliphatic heterocycles. The summed E-state index contributed by atoms with van der Waals surface area (Å²) in [6, 6.07) is 0. The fraction of sp³-hybridized carbons (Fsp3) is 0.647. The van der Waals surface area contributed by atoms with Gasteiger partial charge in [-0.25, -0.2) is 9.59 Å². The number of carbonyl (C=O) groups excluding carboxylic acids is 2. The number of rotatable bonds is 9. The number of unbranched alkanes of at least 4 members (excludes halogenated alkanes) is 1. The van der Waals surface area contributed by atoms with Gasteiger partial charge in [0, 0.05) is 11.1 Å². The van der Waals surface area contributed by atoms with E-state index in [0.29, 0.717) is 12.0 Å². The Kier molecular flexibility index (Phi) is 8.79. The topological polar surface area (TPSA) is 93.1 Å². The van der Waals surface area contributed by atoms with Gasteiger partial charge in [-0.05, 0) is 40.0 Å². The van der Waals surface area contributed by atoms with E-state index in [2.05, 4.69) is 6.58 Å². The summed E-state index contributed by atoms with van der Waals surface area (Å²) in [6.07, 6.45) is 1.89. The second kappa shape index (κ2) is 9.47. The number of allylic oxidation sites excluding steroid dienone is 1. The molecule has 132 valence electrons. The summed E-state index contributed by atoms with van der Waals surface area (Å²) in [6.45, 7) is 11.6. The van der Waals surface area contributed by atoms with Gasteiger partial charge in [-0.2, -0.15) is 0 Å². The maximum absolute atomic E-state index is 12.1. The number of hydrogen-bond acceptors (Lipinski definition) is 6. The number of aliphatic hydroxyl groups is 2. The van der Waals surface area contributed by atoms with Crippen molar-refractivity contribution < 1.29 is 29.3 Å². The van der Waals surface area contributed by atoms with Crippen LogP contribution in [0.15, 0.2) is 23.3 Å². The van der Waals surface area contributed by atoms with Crippen LogP contribution in [-0.4, -0.2) is 34.2 Å². The summed E-state index contributed by atoms with van der Waals surface area (Å²) in [5.74, 6) is -4.56. The summed E-state index contributed by atoms with van der Waals surface area (Å²) >= 11 is 0. The quantitative estimate of drug-likeness (QED) is 0.384. The number of ether oxygens (including phenoxy) is 2. The molecule has 23 heavy (non-hydrogen) atoms. The van der Waals surface area contributed by atoms with Gasteiger partial charge in [0.1, 0.15) is 0 Å². The van der Waals surface area contributed by atoms with Crippen LogP contribution in [0.4, 0.5) is 0 Å². The molecule has 0 aliphatic carbocycles. The molecule has 1 atom stereocenters. The molecular formula is C17H28O6. The van der Waals surface area contributed by atoms with Crippen LogP contribution >= 0.6 is 0 Å². The zero-order valence-electron chi connectivity index (χ0n) is 14.6. The smallest absolute Gasteiger partial charge is 0.363 e. The first-order chi connectivity index (χ1) is 10.6. The molecule has 0 saturated heterocycles. The molecule has 0 fully saturated rings. The minimum atomic E-state index is -2.91. The molecule has 0 bridgehead atoms. The molecule has 0 aliphatic rings. The molecule has 1 unspecified atom stereocenters. The van der Waals surface area contributed by atoms with Gasteiger partial charge in [-0.1, -0.05) is 32.4 Å². The third kappa shape index (κ3) is 6.97. The van der Waals surface area contributed by atoms with E-state index in [1.807, 2.05) is 13.8 Å². The molecule has 6 nitrogen and oxygen atoms in total. The monoisotopic (exact) mass is 328 g/mol. The van der Waals surface area contributed by atoms with E-state index in [1.54, 1.807) is 6.92 Å². The molecule has 0 aromatic rings. The molecule has 6 heteroatoms. The largest absolute Gasteiger partial charge is 0.449 e. The van der Waals surface area contributed by atoms with E-state index in [-0.39, 0.29) is 5.57 Å². The van der Waals surface area contributed by atoms with Crippen LogP contribution in [0.25, 0.3) is 0 Å². The van der Waals surface area contributed by atoms with Crippen molar-refractivity contribution >= 4 is 11.9 Å². The van der Waals surface area contributed by atoms with Crippen molar-refractivity contribution in [3.63, 3.8) is 0 Å². The van der Waals surface area contributed by atoms with Crippen molar-refractivity contribution in [2.24, 2.45) is 0 Å². The Morgan fingerprint density at radius 1 is 1.17 bits per heavy atom. The summed E-state index contributed by atoms with van der Waals surface area (Å²) in [5.41, 5.74) is 1.34. The SMILES string of the molecule is C=C(C)C(=O)OC(C)C(O)(O)OC(=O)/C(C)=C(\CC)CCCC. The minimum Gasteiger partial charge on any atom is -0.449 e. The van der Waals surface area contributed by atoms with Gasteiger partial charge >= 0.3 is 17.9 Å². The van der Waals surface area contributed by atoms with Crippen molar-refractivity contribution in [3.8, 4) is 0 Å². The minimum absolute atomic E-state index is 0.0999. The zero-order valence-corrected chi connectivity index (χ0v) is 14.6. The zero-order chi connectivity index (χ0) is 18.2. The third-order valence-electron chi connectivity index (χ3n) is 3.50. The maximum atomic E-state index is 12.1. The Labute approximate surface area is 137 Å². The van der Waals surface area contributed by atoms with E-state index in [9.17, 15) is 19.8 Å². The second-order valence-electron chi connectivity index (χ2n) is 5.56. The van der Waals surface area contributed by atoms with Crippen molar-refractivity contribution in [2.45, 2.75) is 72.4 Å². The van der Waals surface area contributed by atoms with E-state index in [0.717, 1.165) is 24.8 Å². The predicted octanol–water partition coefficient (Wildman–Crippen LogP) is 2.59. The normalized spacial score (nSPS) is 13.9. The van der Waals surface area contributed by atoms with Gasteiger partial charge in [-0.15, -0.1) is 0 Å². The van der Waals surface area contributed by atoms with Crippen molar-refractivity contribution in [2.75, 3.05) is 0 Å².